The molecule has 1 atom stereocenters. The highest BCUT2D eigenvalue weighted by atomic mass is 15.4. The summed E-state index contributed by atoms with van der Waals surface area (Å²) in [4.78, 5) is 9.07. The third-order valence-corrected chi connectivity index (χ3v) is 6.64. The van der Waals surface area contributed by atoms with Gasteiger partial charge in [0.2, 0.25) is 5.95 Å². The van der Waals surface area contributed by atoms with E-state index in [4.69, 9.17) is 0 Å². The highest BCUT2D eigenvalue weighted by Gasteiger charge is 2.18. The number of anilines is 3. The summed E-state index contributed by atoms with van der Waals surface area (Å²) in [6.07, 6.45) is 14.2. The highest BCUT2D eigenvalue weighted by Crippen LogP contribution is 2.31. The molecule has 3 aromatic rings. The van der Waals surface area contributed by atoms with E-state index < -0.39 is 0 Å². The van der Waals surface area contributed by atoms with Crippen molar-refractivity contribution in [1.29, 1.82) is 0 Å². The number of H-pyrrole nitrogens is 1. The minimum Gasteiger partial charge on any atom is -0.367 e. The Morgan fingerprint density at radius 2 is 1.82 bits per heavy atom. The standard InChI is InChI=1S/C24H33N9/c1-17-14-28-24(32-33(19-7-2-3-8-19)21-16-25-13-11-20(17)21)29-23-10-9-22(30-31-23)27-15-18-6-4-5-12-26-18/h9-11,13-14,16,18-19,26H,2-8,12,15H2,1H3,(H,27,30)(H2,28,29,31,32). The molecule has 1 saturated carbocycles. The number of aryl methyl sites for hydroxylation is 1. The van der Waals surface area contributed by atoms with Crippen molar-refractivity contribution in [2.24, 2.45) is 0 Å². The summed E-state index contributed by atoms with van der Waals surface area (Å²) in [5, 5.41) is 23.6. The molecule has 0 amide bonds. The molecule has 0 spiro atoms. The average molecular weight is 448 g/mol. The van der Waals surface area contributed by atoms with Gasteiger partial charge < -0.3 is 16.0 Å². The topological polar surface area (TPSA) is 108 Å². The molecule has 1 aliphatic heterocycles. The van der Waals surface area contributed by atoms with Crippen molar-refractivity contribution in [1.82, 2.24) is 35.3 Å². The van der Waals surface area contributed by atoms with Gasteiger partial charge in [0.25, 0.3) is 0 Å². The summed E-state index contributed by atoms with van der Waals surface area (Å²) in [6.45, 7) is 4.05. The fourth-order valence-corrected chi connectivity index (χ4v) is 4.80. The predicted octanol–water partition coefficient (Wildman–Crippen LogP) is 4.39. The van der Waals surface area contributed by atoms with Gasteiger partial charge >= 0.3 is 0 Å². The Kier molecular flexibility index (Phi) is 6.66. The van der Waals surface area contributed by atoms with Crippen molar-refractivity contribution >= 4 is 28.5 Å². The molecule has 1 aliphatic carbocycles. The summed E-state index contributed by atoms with van der Waals surface area (Å²) in [7, 11) is 0. The SMILES string of the molecule is Cc1cnc(Nc2ccc(NCC3CCCCN3)nn2)[nH]n(C2CCCC2)c2cnccc12. The van der Waals surface area contributed by atoms with Gasteiger partial charge in [0.15, 0.2) is 5.82 Å². The highest BCUT2D eigenvalue weighted by molar-refractivity contribution is 5.80. The van der Waals surface area contributed by atoms with Crippen LogP contribution < -0.4 is 16.0 Å². The van der Waals surface area contributed by atoms with Crippen LogP contribution in [0.1, 0.15) is 56.6 Å². The largest absolute Gasteiger partial charge is 0.367 e. The van der Waals surface area contributed by atoms with Crippen LogP contribution in [0.2, 0.25) is 0 Å². The first-order chi connectivity index (χ1) is 16.3. The molecule has 0 aromatic carbocycles. The Hall–Kier alpha value is -3.20. The van der Waals surface area contributed by atoms with Crippen molar-refractivity contribution in [2.45, 2.75) is 64.0 Å². The zero-order valence-electron chi connectivity index (χ0n) is 19.2. The van der Waals surface area contributed by atoms with E-state index in [0.717, 1.165) is 48.2 Å². The van der Waals surface area contributed by atoms with Crippen LogP contribution >= 0.6 is 0 Å². The minimum absolute atomic E-state index is 0.400. The second kappa shape index (κ2) is 10.2. The van der Waals surface area contributed by atoms with Crippen molar-refractivity contribution in [3.05, 3.63) is 42.4 Å². The van der Waals surface area contributed by atoms with Gasteiger partial charge in [-0.1, -0.05) is 19.3 Å². The zero-order valence-corrected chi connectivity index (χ0v) is 19.2. The van der Waals surface area contributed by atoms with Crippen molar-refractivity contribution in [3.8, 4) is 0 Å². The molecule has 174 valence electrons. The summed E-state index contributed by atoms with van der Waals surface area (Å²) in [6, 6.07) is 6.84. The molecule has 5 rings (SSSR count). The zero-order chi connectivity index (χ0) is 22.5. The van der Waals surface area contributed by atoms with Crippen LogP contribution in [0.4, 0.5) is 17.6 Å². The van der Waals surface area contributed by atoms with E-state index in [-0.39, 0.29) is 0 Å². The lowest BCUT2D eigenvalue weighted by molar-refractivity contribution is 0.414. The monoisotopic (exact) mass is 447 g/mol. The number of hydrogen-bond donors (Lipinski definition) is 4. The first-order valence-corrected chi connectivity index (χ1v) is 12.1. The molecular formula is C24H33N9. The van der Waals surface area contributed by atoms with Gasteiger partial charge in [0, 0.05) is 30.4 Å². The average Bonchev–Trinajstić information content (AvgIpc) is 3.39. The molecule has 4 N–H and O–H groups in total. The van der Waals surface area contributed by atoms with Crippen LogP contribution in [0.15, 0.2) is 36.8 Å². The molecule has 1 unspecified atom stereocenters. The second-order valence-corrected chi connectivity index (χ2v) is 9.06. The van der Waals surface area contributed by atoms with Gasteiger partial charge in [-0.05, 0) is 62.9 Å². The van der Waals surface area contributed by atoms with Gasteiger partial charge in [0.1, 0.15) is 5.82 Å². The minimum atomic E-state index is 0.400. The number of nitrogens with one attached hydrogen (secondary N) is 4. The lowest BCUT2D eigenvalue weighted by atomic mass is 10.1. The van der Waals surface area contributed by atoms with Crippen molar-refractivity contribution < 1.29 is 0 Å². The van der Waals surface area contributed by atoms with Gasteiger partial charge in [-0.3, -0.25) is 14.8 Å². The molecule has 1 saturated heterocycles. The summed E-state index contributed by atoms with van der Waals surface area (Å²) >= 11 is 0. The molecule has 2 aliphatic rings. The van der Waals surface area contributed by atoms with Crippen LogP contribution in [0.3, 0.4) is 0 Å². The van der Waals surface area contributed by atoms with Crippen LogP contribution in [0, 0.1) is 6.92 Å². The fourth-order valence-electron chi connectivity index (χ4n) is 4.80. The lowest BCUT2D eigenvalue weighted by Crippen LogP contribution is -2.39. The van der Waals surface area contributed by atoms with Crippen LogP contribution in [0.25, 0.3) is 10.9 Å². The Morgan fingerprint density at radius 1 is 1.00 bits per heavy atom. The third kappa shape index (κ3) is 5.24. The van der Waals surface area contributed by atoms with Gasteiger partial charge in [-0.15, -0.1) is 10.2 Å². The van der Waals surface area contributed by atoms with E-state index in [2.05, 4.69) is 58.9 Å². The number of fused-ring (bicyclic) bond motifs is 1. The molecule has 3 aromatic heterocycles. The molecule has 9 heteroatoms. The predicted molar refractivity (Wildman–Crippen MR) is 131 cm³/mol. The summed E-state index contributed by atoms with van der Waals surface area (Å²) < 4.78 is 2.22. The molecule has 0 radical (unpaired) electrons. The first-order valence-electron chi connectivity index (χ1n) is 12.1. The van der Waals surface area contributed by atoms with Crippen molar-refractivity contribution in [3.63, 3.8) is 0 Å². The number of aromatic nitrogens is 6. The maximum absolute atomic E-state index is 4.68. The molecule has 9 nitrogen and oxygen atoms in total. The number of piperidine rings is 1. The van der Waals surface area contributed by atoms with Gasteiger partial charge in [-0.2, -0.15) is 0 Å². The molecule has 0 bridgehead atoms. The summed E-state index contributed by atoms with van der Waals surface area (Å²) in [5.41, 5.74) is 2.17. The molecule has 2 fully saturated rings. The Labute approximate surface area is 194 Å². The fraction of sp³-hybridized carbons (Fsp3) is 0.500. The third-order valence-electron chi connectivity index (χ3n) is 6.64. The Bertz CT molecular complexity index is 1100. The second-order valence-electron chi connectivity index (χ2n) is 9.06. The molecular weight excluding hydrogens is 414 g/mol. The number of pyridine rings is 1. The van der Waals surface area contributed by atoms with Crippen molar-refractivity contribution in [2.75, 3.05) is 23.7 Å². The van der Waals surface area contributed by atoms with Crippen LogP contribution in [0.5, 0.6) is 0 Å². The first kappa shape index (κ1) is 21.6. The van der Waals surface area contributed by atoms with Crippen LogP contribution in [-0.4, -0.2) is 49.1 Å². The lowest BCUT2D eigenvalue weighted by Gasteiger charge is -2.23. The molecule has 33 heavy (non-hydrogen) atoms. The maximum atomic E-state index is 4.68. The van der Waals surface area contributed by atoms with E-state index in [1.165, 1.54) is 32.1 Å². The van der Waals surface area contributed by atoms with E-state index in [9.17, 15) is 0 Å². The Morgan fingerprint density at radius 3 is 2.61 bits per heavy atom. The number of nitrogens with zero attached hydrogens (tertiary/aromatic N) is 5. The van der Waals surface area contributed by atoms with Crippen LogP contribution in [-0.2, 0) is 0 Å². The molecule has 4 heterocycles. The quantitative estimate of drug-likeness (QED) is 0.444. The van der Waals surface area contributed by atoms with Gasteiger partial charge in [-0.25, -0.2) is 4.98 Å². The van der Waals surface area contributed by atoms with E-state index >= 15 is 0 Å². The maximum Gasteiger partial charge on any atom is 0.220 e. The summed E-state index contributed by atoms with van der Waals surface area (Å²) in [5.74, 6) is 2.05. The van der Waals surface area contributed by atoms with E-state index in [1.54, 1.807) is 0 Å². The number of aromatic amines is 1. The smallest absolute Gasteiger partial charge is 0.220 e. The van der Waals surface area contributed by atoms with Gasteiger partial charge in [0.05, 0.1) is 17.8 Å². The number of hydrogen-bond acceptors (Lipinski definition) is 7. The number of rotatable bonds is 6. The Balaban J connectivity index is 1.38. The van der Waals surface area contributed by atoms with E-state index in [0.29, 0.717) is 23.8 Å². The van der Waals surface area contributed by atoms with E-state index in [1.807, 2.05) is 30.7 Å². The normalized spacial score (nSPS) is 18.9.